The third kappa shape index (κ3) is 4.20. The second kappa shape index (κ2) is 8.42. The molecule has 0 nitrogen and oxygen atoms in total. The molecule has 18 heavy (non-hydrogen) atoms. The fraction of sp³-hybridized carbons (Fsp3) is 0.529. The second-order valence-corrected chi connectivity index (χ2v) is 5.99. The summed E-state index contributed by atoms with van der Waals surface area (Å²) in [6.07, 6.45) is 8.54. The number of hydrogen-bond donors (Lipinski definition) is 0. The molecule has 1 aromatic carbocycles. The van der Waals surface area contributed by atoms with Crippen molar-refractivity contribution < 1.29 is 0 Å². The predicted molar refractivity (Wildman–Crippen MR) is 85.5 cm³/mol. The monoisotopic (exact) mass is 262 g/mol. The summed E-state index contributed by atoms with van der Waals surface area (Å²) in [5.41, 5.74) is 4.22. The van der Waals surface area contributed by atoms with Gasteiger partial charge in [-0.2, -0.15) is 0 Å². The Labute approximate surface area is 117 Å². The van der Waals surface area contributed by atoms with Crippen molar-refractivity contribution in [1.29, 1.82) is 0 Å². The van der Waals surface area contributed by atoms with Crippen LogP contribution in [0, 0.1) is 6.92 Å². The van der Waals surface area contributed by atoms with Crippen LogP contribution in [0.25, 0.3) is 6.08 Å². The van der Waals surface area contributed by atoms with Crippen LogP contribution in [0.2, 0.25) is 0 Å². The molecule has 1 heteroatoms. The van der Waals surface area contributed by atoms with Gasteiger partial charge in [0.2, 0.25) is 0 Å². The zero-order valence-electron chi connectivity index (χ0n) is 12.1. The first kappa shape index (κ1) is 15.4. The number of rotatable bonds is 8. The summed E-state index contributed by atoms with van der Waals surface area (Å²) in [7, 11) is 0. The molecule has 0 aromatic heterocycles. The molecule has 0 amide bonds. The van der Waals surface area contributed by atoms with Gasteiger partial charge in [0.05, 0.1) is 0 Å². The minimum atomic E-state index is 1.14. The van der Waals surface area contributed by atoms with Gasteiger partial charge in [0.1, 0.15) is 0 Å². The van der Waals surface area contributed by atoms with E-state index in [4.69, 9.17) is 0 Å². The van der Waals surface area contributed by atoms with Crippen LogP contribution in [0.4, 0.5) is 0 Å². The largest absolute Gasteiger partial charge is 0.126 e. The van der Waals surface area contributed by atoms with Gasteiger partial charge in [-0.25, -0.2) is 0 Å². The molecule has 0 N–H and O–H groups in total. The average Bonchev–Trinajstić information content (AvgIpc) is 2.38. The van der Waals surface area contributed by atoms with E-state index in [2.05, 4.69) is 39.5 Å². The zero-order valence-corrected chi connectivity index (χ0v) is 12.9. The molecular weight excluding hydrogens is 236 g/mol. The van der Waals surface area contributed by atoms with Crippen molar-refractivity contribution in [1.82, 2.24) is 0 Å². The van der Waals surface area contributed by atoms with E-state index in [0.717, 1.165) is 5.75 Å². The Hall–Kier alpha value is -0.690. The number of unbranched alkanes of at least 4 members (excludes halogenated alkanes) is 3. The topological polar surface area (TPSA) is 0 Å². The number of aryl methyl sites for hydroxylation is 1. The molecule has 100 valence electrons. The number of benzene rings is 1. The van der Waals surface area contributed by atoms with E-state index in [-0.39, 0.29) is 0 Å². The Balaban J connectivity index is 2.82. The maximum atomic E-state index is 3.90. The molecule has 0 fully saturated rings. The van der Waals surface area contributed by atoms with Crippen molar-refractivity contribution in [3.05, 3.63) is 35.4 Å². The molecule has 0 aliphatic carbocycles. The van der Waals surface area contributed by atoms with Gasteiger partial charge < -0.3 is 0 Å². The van der Waals surface area contributed by atoms with Crippen LogP contribution in [-0.2, 0) is 6.42 Å². The van der Waals surface area contributed by atoms with Crippen LogP contribution >= 0.6 is 11.8 Å². The van der Waals surface area contributed by atoms with Crippen LogP contribution in [0.1, 0.15) is 56.2 Å². The van der Waals surface area contributed by atoms with Crippen LogP contribution in [0.3, 0.4) is 0 Å². The molecule has 0 bridgehead atoms. The summed E-state index contributed by atoms with van der Waals surface area (Å²) in [6.45, 7) is 10.6. The van der Waals surface area contributed by atoms with E-state index in [1.165, 1.54) is 53.7 Å². The molecule has 0 saturated heterocycles. The Bertz CT molecular complexity index is 379. The highest BCUT2D eigenvalue weighted by molar-refractivity contribution is 7.99. The Kier molecular flexibility index (Phi) is 7.19. The Morgan fingerprint density at radius 3 is 2.56 bits per heavy atom. The summed E-state index contributed by atoms with van der Waals surface area (Å²) >= 11 is 1.97. The van der Waals surface area contributed by atoms with Crippen molar-refractivity contribution in [2.75, 3.05) is 5.75 Å². The lowest BCUT2D eigenvalue weighted by Gasteiger charge is -2.14. The molecule has 0 aliphatic heterocycles. The van der Waals surface area contributed by atoms with E-state index >= 15 is 0 Å². The van der Waals surface area contributed by atoms with Crippen LogP contribution < -0.4 is 0 Å². The average molecular weight is 262 g/mol. The van der Waals surface area contributed by atoms with Crippen molar-refractivity contribution in [2.45, 2.75) is 57.8 Å². The minimum Gasteiger partial charge on any atom is -0.126 e. The molecular formula is C17H26S. The molecule has 0 aliphatic rings. The Morgan fingerprint density at radius 2 is 1.94 bits per heavy atom. The maximum absolute atomic E-state index is 3.90. The summed E-state index contributed by atoms with van der Waals surface area (Å²) < 4.78 is 0. The van der Waals surface area contributed by atoms with Gasteiger partial charge in [0, 0.05) is 4.90 Å². The molecule has 0 spiro atoms. The van der Waals surface area contributed by atoms with Crippen molar-refractivity contribution in [3.63, 3.8) is 0 Å². The normalized spacial score (nSPS) is 10.6. The predicted octanol–water partition coefficient (Wildman–Crippen LogP) is 5.87. The van der Waals surface area contributed by atoms with Crippen LogP contribution in [0.5, 0.6) is 0 Å². The molecule has 0 saturated carbocycles. The third-order valence-corrected chi connectivity index (χ3v) is 4.48. The fourth-order valence-electron chi connectivity index (χ4n) is 2.27. The standard InChI is InChI=1S/C17H26S/c1-5-8-9-10-11-16-13-12-15(6-2)14(4)17(16)18-7-3/h6,12-13H,2,5,7-11H2,1,3-4H3. The lowest BCUT2D eigenvalue weighted by Crippen LogP contribution is -1.95. The summed E-state index contributed by atoms with van der Waals surface area (Å²) in [5.74, 6) is 1.14. The highest BCUT2D eigenvalue weighted by Crippen LogP contribution is 2.30. The quantitative estimate of drug-likeness (QED) is 0.417. The van der Waals surface area contributed by atoms with Gasteiger partial charge in [-0.05, 0) is 42.2 Å². The maximum Gasteiger partial charge on any atom is 0.0139 e. The van der Waals surface area contributed by atoms with Gasteiger partial charge >= 0.3 is 0 Å². The van der Waals surface area contributed by atoms with Gasteiger partial charge in [-0.3, -0.25) is 0 Å². The summed E-state index contributed by atoms with van der Waals surface area (Å²) in [4.78, 5) is 1.49. The smallest absolute Gasteiger partial charge is 0.0139 e. The van der Waals surface area contributed by atoms with E-state index in [9.17, 15) is 0 Å². The van der Waals surface area contributed by atoms with Gasteiger partial charge in [0.25, 0.3) is 0 Å². The van der Waals surface area contributed by atoms with Crippen LogP contribution in [0.15, 0.2) is 23.6 Å². The van der Waals surface area contributed by atoms with Crippen molar-refractivity contribution in [2.24, 2.45) is 0 Å². The zero-order chi connectivity index (χ0) is 13.4. The lowest BCUT2D eigenvalue weighted by molar-refractivity contribution is 0.663. The molecule has 0 heterocycles. The molecule has 1 rings (SSSR count). The minimum absolute atomic E-state index is 1.14. The molecule has 1 aromatic rings. The second-order valence-electron chi connectivity index (χ2n) is 4.72. The van der Waals surface area contributed by atoms with Gasteiger partial charge in [0.15, 0.2) is 0 Å². The first-order valence-corrected chi connectivity index (χ1v) is 8.10. The lowest BCUT2D eigenvalue weighted by atomic mass is 10.0. The SMILES string of the molecule is C=Cc1ccc(CCCCCC)c(SCC)c1C. The summed E-state index contributed by atoms with van der Waals surface area (Å²) in [6, 6.07) is 4.52. The summed E-state index contributed by atoms with van der Waals surface area (Å²) in [5, 5.41) is 0. The highest BCUT2D eigenvalue weighted by Gasteiger charge is 2.08. The highest BCUT2D eigenvalue weighted by atomic mass is 32.2. The third-order valence-electron chi connectivity index (χ3n) is 3.34. The molecule has 0 radical (unpaired) electrons. The van der Waals surface area contributed by atoms with Gasteiger partial charge in [-0.1, -0.05) is 57.9 Å². The fourth-order valence-corrected chi connectivity index (χ4v) is 3.25. The van der Waals surface area contributed by atoms with E-state index < -0.39 is 0 Å². The number of hydrogen-bond acceptors (Lipinski definition) is 1. The van der Waals surface area contributed by atoms with Crippen LogP contribution in [-0.4, -0.2) is 5.75 Å². The van der Waals surface area contributed by atoms with Crippen molar-refractivity contribution in [3.8, 4) is 0 Å². The number of thioether (sulfide) groups is 1. The Morgan fingerprint density at radius 1 is 1.17 bits per heavy atom. The first-order chi connectivity index (χ1) is 8.74. The molecule has 0 unspecified atom stereocenters. The van der Waals surface area contributed by atoms with Crippen molar-refractivity contribution >= 4 is 17.8 Å². The van der Waals surface area contributed by atoms with E-state index in [0.29, 0.717) is 0 Å². The van der Waals surface area contributed by atoms with E-state index in [1.54, 1.807) is 0 Å². The first-order valence-electron chi connectivity index (χ1n) is 7.12. The van der Waals surface area contributed by atoms with Gasteiger partial charge in [-0.15, -0.1) is 11.8 Å². The van der Waals surface area contributed by atoms with E-state index in [1.807, 2.05) is 17.8 Å². The molecule has 0 atom stereocenters.